The molecule has 0 spiro atoms. The Hall–Kier alpha value is -2.35. The summed E-state index contributed by atoms with van der Waals surface area (Å²) >= 11 is 0. The first kappa shape index (κ1) is 13.1. The van der Waals surface area contributed by atoms with Crippen LogP contribution >= 0.6 is 0 Å². The van der Waals surface area contributed by atoms with E-state index in [2.05, 4.69) is 15.4 Å². The van der Waals surface area contributed by atoms with Crippen LogP contribution in [0.25, 0.3) is 5.69 Å². The van der Waals surface area contributed by atoms with Gasteiger partial charge in [0.2, 0.25) is 0 Å². The molecule has 1 heterocycles. The molecular weight excluding hydrogens is 250 g/mol. The summed E-state index contributed by atoms with van der Waals surface area (Å²) in [5, 5.41) is 11.9. The summed E-state index contributed by atoms with van der Waals surface area (Å²) in [6.45, 7) is 0.218. The van der Waals surface area contributed by atoms with Crippen molar-refractivity contribution < 1.29 is 14.2 Å². The number of nitrogens with two attached hydrogens (primary N) is 1. The second-order valence-electron chi connectivity index (χ2n) is 3.58. The van der Waals surface area contributed by atoms with Crippen molar-refractivity contribution in [2.45, 2.75) is 6.54 Å². The molecule has 8 heteroatoms. The van der Waals surface area contributed by atoms with Crippen molar-refractivity contribution in [2.75, 3.05) is 21.3 Å². The van der Waals surface area contributed by atoms with Gasteiger partial charge in [-0.05, 0) is 5.21 Å². The van der Waals surface area contributed by atoms with E-state index in [4.69, 9.17) is 19.9 Å². The molecule has 0 aliphatic rings. The van der Waals surface area contributed by atoms with Crippen LogP contribution in [0, 0.1) is 0 Å². The van der Waals surface area contributed by atoms with E-state index in [-0.39, 0.29) is 6.54 Å². The van der Waals surface area contributed by atoms with Crippen LogP contribution in [-0.4, -0.2) is 41.5 Å². The predicted octanol–water partition coefficient (Wildman–Crippen LogP) is 0.147. The Bertz CT molecular complexity index is 569. The molecule has 0 amide bonds. The van der Waals surface area contributed by atoms with Crippen molar-refractivity contribution in [3.8, 4) is 22.9 Å². The van der Waals surface area contributed by atoms with E-state index >= 15 is 0 Å². The molecule has 1 aromatic heterocycles. The zero-order chi connectivity index (χ0) is 13.8. The molecule has 0 radical (unpaired) electrons. The fraction of sp³-hybridized carbons (Fsp3) is 0.364. The zero-order valence-corrected chi connectivity index (χ0v) is 11.0. The topological polar surface area (TPSA) is 97.3 Å². The molecule has 0 bridgehead atoms. The van der Waals surface area contributed by atoms with Gasteiger partial charge in [0.05, 0.1) is 27.9 Å². The Kier molecular flexibility index (Phi) is 3.81. The summed E-state index contributed by atoms with van der Waals surface area (Å²) in [6, 6.07) is 3.40. The first-order chi connectivity index (χ1) is 9.23. The summed E-state index contributed by atoms with van der Waals surface area (Å²) in [5.74, 6) is 2.09. The second-order valence-corrected chi connectivity index (χ2v) is 3.58. The molecule has 0 aliphatic carbocycles. The van der Waals surface area contributed by atoms with Gasteiger partial charge >= 0.3 is 0 Å². The molecule has 19 heavy (non-hydrogen) atoms. The minimum Gasteiger partial charge on any atom is -0.494 e. The highest BCUT2D eigenvalue weighted by molar-refractivity contribution is 5.57. The summed E-state index contributed by atoms with van der Waals surface area (Å²) in [4.78, 5) is 1.34. The van der Waals surface area contributed by atoms with Gasteiger partial charge in [-0.3, -0.25) is 0 Å². The van der Waals surface area contributed by atoms with Gasteiger partial charge < -0.3 is 19.9 Å². The molecule has 0 saturated heterocycles. The molecule has 0 saturated carbocycles. The van der Waals surface area contributed by atoms with Crippen LogP contribution in [0.3, 0.4) is 0 Å². The molecule has 2 aromatic rings. The SMILES string of the molecule is COc1cc(OC)c(-n2nnc(CN)n2)cc1OC. The van der Waals surface area contributed by atoms with Crippen LogP contribution in [0.1, 0.15) is 5.82 Å². The average Bonchev–Trinajstić information content (AvgIpc) is 2.94. The third-order valence-corrected chi connectivity index (χ3v) is 2.54. The molecule has 0 unspecified atom stereocenters. The lowest BCUT2D eigenvalue weighted by Crippen LogP contribution is -2.05. The van der Waals surface area contributed by atoms with Crippen molar-refractivity contribution in [1.29, 1.82) is 0 Å². The molecule has 8 nitrogen and oxygen atoms in total. The van der Waals surface area contributed by atoms with Crippen LogP contribution in [0.15, 0.2) is 12.1 Å². The maximum atomic E-state index is 5.46. The van der Waals surface area contributed by atoms with Crippen molar-refractivity contribution >= 4 is 0 Å². The second kappa shape index (κ2) is 5.53. The highest BCUT2D eigenvalue weighted by atomic mass is 16.5. The van der Waals surface area contributed by atoms with Crippen LogP contribution in [0.4, 0.5) is 0 Å². The van der Waals surface area contributed by atoms with Gasteiger partial charge in [-0.15, -0.1) is 15.0 Å². The Morgan fingerprint density at radius 1 is 1.05 bits per heavy atom. The largest absolute Gasteiger partial charge is 0.494 e. The predicted molar refractivity (Wildman–Crippen MR) is 66.7 cm³/mol. The molecule has 2 rings (SSSR count). The average molecular weight is 265 g/mol. The third-order valence-electron chi connectivity index (χ3n) is 2.54. The fourth-order valence-electron chi connectivity index (χ4n) is 1.60. The third kappa shape index (κ3) is 2.43. The maximum absolute atomic E-state index is 5.46. The smallest absolute Gasteiger partial charge is 0.188 e. The number of hydrogen-bond donors (Lipinski definition) is 1. The van der Waals surface area contributed by atoms with E-state index < -0.39 is 0 Å². The zero-order valence-electron chi connectivity index (χ0n) is 11.0. The van der Waals surface area contributed by atoms with E-state index in [1.54, 1.807) is 33.5 Å². The van der Waals surface area contributed by atoms with E-state index in [1.807, 2.05) is 0 Å². The highest BCUT2D eigenvalue weighted by Gasteiger charge is 2.15. The number of rotatable bonds is 5. The molecule has 0 atom stereocenters. The van der Waals surface area contributed by atoms with Crippen molar-refractivity contribution in [2.24, 2.45) is 5.73 Å². The van der Waals surface area contributed by atoms with Gasteiger partial charge in [0.15, 0.2) is 17.3 Å². The lowest BCUT2D eigenvalue weighted by atomic mass is 10.2. The van der Waals surface area contributed by atoms with Crippen molar-refractivity contribution in [3.63, 3.8) is 0 Å². The Morgan fingerprint density at radius 2 is 1.68 bits per heavy atom. The molecular formula is C11H15N5O3. The fourth-order valence-corrected chi connectivity index (χ4v) is 1.60. The maximum Gasteiger partial charge on any atom is 0.188 e. The lowest BCUT2D eigenvalue weighted by molar-refractivity contribution is 0.347. The number of nitrogens with zero attached hydrogens (tertiary/aromatic N) is 4. The first-order valence-electron chi connectivity index (χ1n) is 5.52. The van der Waals surface area contributed by atoms with Crippen LogP contribution in [0.2, 0.25) is 0 Å². The minimum atomic E-state index is 0.218. The van der Waals surface area contributed by atoms with Gasteiger partial charge in [-0.2, -0.15) is 0 Å². The monoisotopic (exact) mass is 265 g/mol. The molecule has 2 N–H and O–H groups in total. The quantitative estimate of drug-likeness (QED) is 0.821. The molecule has 0 fully saturated rings. The van der Waals surface area contributed by atoms with Crippen molar-refractivity contribution in [1.82, 2.24) is 20.2 Å². The minimum absolute atomic E-state index is 0.218. The number of tetrazole rings is 1. The van der Waals surface area contributed by atoms with Gasteiger partial charge in [0.1, 0.15) is 11.4 Å². The van der Waals surface area contributed by atoms with Gasteiger partial charge in [0.25, 0.3) is 0 Å². The van der Waals surface area contributed by atoms with Crippen LogP contribution in [0.5, 0.6) is 17.2 Å². The molecule has 102 valence electrons. The number of ether oxygens (including phenoxy) is 3. The standard InChI is InChI=1S/C11H15N5O3/c1-17-8-5-10(19-3)9(18-2)4-7(8)16-14-11(6-12)13-15-16/h4-5H,6,12H2,1-3H3. The van der Waals surface area contributed by atoms with Crippen molar-refractivity contribution in [3.05, 3.63) is 18.0 Å². The Balaban J connectivity index is 2.54. The van der Waals surface area contributed by atoms with Gasteiger partial charge in [-0.1, -0.05) is 0 Å². The summed E-state index contributed by atoms with van der Waals surface area (Å²) in [6.07, 6.45) is 0. The number of aromatic nitrogens is 4. The summed E-state index contributed by atoms with van der Waals surface area (Å²) in [7, 11) is 4.65. The number of methoxy groups -OCH3 is 3. The van der Waals surface area contributed by atoms with Crippen LogP contribution < -0.4 is 19.9 Å². The number of hydrogen-bond acceptors (Lipinski definition) is 7. The molecule has 1 aromatic carbocycles. The number of benzene rings is 1. The van der Waals surface area contributed by atoms with Gasteiger partial charge in [0, 0.05) is 12.1 Å². The summed E-state index contributed by atoms with van der Waals surface area (Å²) < 4.78 is 15.7. The highest BCUT2D eigenvalue weighted by Crippen LogP contribution is 2.35. The molecule has 0 aliphatic heterocycles. The van der Waals surface area contributed by atoms with E-state index in [0.29, 0.717) is 28.8 Å². The van der Waals surface area contributed by atoms with E-state index in [0.717, 1.165) is 0 Å². The van der Waals surface area contributed by atoms with Crippen LogP contribution in [-0.2, 0) is 6.54 Å². The summed E-state index contributed by atoms with van der Waals surface area (Å²) in [5.41, 5.74) is 6.05. The van der Waals surface area contributed by atoms with E-state index in [9.17, 15) is 0 Å². The lowest BCUT2D eigenvalue weighted by Gasteiger charge is -2.12. The Labute approximate surface area is 110 Å². The normalized spacial score (nSPS) is 10.3. The first-order valence-corrected chi connectivity index (χ1v) is 5.52. The Morgan fingerprint density at radius 3 is 2.21 bits per heavy atom. The van der Waals surface area contributed by atoms with Gasteiger partial charge in [-0.25, -0.2) is 0 Å². The van der Waals surface area contributed by atoms with E-state index in [1.165, 1.54) is 4.80 Å².